The van der Waals surface area contributed by atoms with Crippen molar-refractivity contribution in [2.24, 2.45) is 0 Å². The van der Waals surface area contributed by atoms with Crippen LogP contribution in [0.5, 0.6) is 0 Å². The average Bonchev–Trinajstić information content (AvgIpc) is 2.65. The molecule has 0 radical (unpaired) electrons. The van der Waals surface area contributed by atoms with Gasteiger partial charge in [-0.15, -0.1) is 0 Å². The van der Waals surface area contributed by atoms with Gasteiger partial charge in [-0.3, -0.25) is 14.5 Å². The summed E-state index contributed by atoms with van der Waals surface area (Å²) in [5.74, 6) is -1.24. The Morgan fingerprint density at radius 3 is 2.56 bits per heavy atom. The maximum atomic E-state index is 14.4. The first-order valence-corrected chi connectivity index (χ1v) is 9.52. The molecule has 0 bridgehead atoms. The number of amides is 1. The van der Waals surface area contributed by atoms with Gasteiger partial charge in [0.25, 0.3) is 0 Å². The molecule has 1 heterocycles. The summed E-state index contributed by atoms with van der Waals surface area (Å²) in [6.45, 7) is 0. The number of benzene rings is 2. The third-order valence-electron chi connectivity index (χ3n) is 5.13. The molecule has 0 fully saturated rings. The fourth-order valence-electron chi connectivity index (χ4n) is 3.96. The minimum absolute atomic E-state index is 0.00828. The van der Waals surface area contributed by atoms with Crippen LogP contribution in [0.3, 0.4) is 0 Å². The average molecular weight is 404 g/mol. The summed E-state index contributed by atoms with van der Waals surface area (Å²) in [5.41, 5.74) is 1.97. The highest BCUT2D eigenvalue weighted by Gasteiger charge is 2.41. The van der Waals surface area contributed by atoms with Crippen LogP contribution in [0.4, 0.5) is 10.1 Å². The zero-order valence-corrected chi connectivity index (χ0v) is 15.9. The molecule has 0 saturated heterocycles. The minimum atomic E-state index is -0.573. The summed E-state index contributed by atoms with van der Waals surface area (Å²) in [6, 6.07) is 11.4. The highest BCUT2D eigenvalue weighted by molar-refractivity contribution is 6.44. The van der Waals surface area contributed by atoms with Crippen LogP contribution in [0.15, 0.2) is 53.7 Å². The van der Waals surface area contributed by atoms with E-state index in [9.17, 15) is 14.0 Å². The van der Waals surface area contributed by atoms with Gasteiger partial charge >= 0.3 is 0 Å². The topological polar surface area (TPSA) is 37.4 Å². The smallest absolute Gasteiger partial charge is 0.232 e. The minimum Gasteiger partial charge on any atom is -0.294 e. The first-order valence-electron chi connectivity index (χ1n) is 8.76. The number of hydrogen-bond donors (Lipinski definition) is 0. The van der Waals surface area contributed by atoms with Crippen LogP contribution in [0.25, 0.3) is 0 Å². The van der Waals surface area contributed by atoms with Gasteiger partial charge in [-0.1, -0.05) is 47.5 Å². The van der Waals surface area contributed by atoms with Crippen molar-refractivity contribution in [3.63, 3.8) is 0 Å². The molecule has 1 unspecified atom stereocenters. The molecule has 2 aliphatic rings. The molecule has 1 atom stereocenters. The van der Waals surface area contributed by atoms with Crippen LogP contribution in [0.1, 0.15) is 37.2 Å². The van der Waals surface area contributed by atoms with E-state index in [2.05, 4.69) is 0 Å². The summed E-state index contributed by atoms with van der Waals surface area (Å²) in [7, 11) is 0. The molecule has 2 aromatic rings. The first-order chi connectivity index (χ1) is 13.0. The van der Waals surface area contributed by atoms with Crippen molar-refractivity contribution in [1.82, 2.24) is 0 Å². The van der Waals surface area contributed by atoms with Gasteiger partial charge in [0.2, 0.25) is 5.91 Å². The lowest BCUT2D eigenvalue weighted by Gasteiger charge is -2.38. The van der Waals surface area contributed by atoms with E-state index in [1.54, 1.807) is 36.4 Å². The Labute approximate surface area is 166 Å². The van der Waals surface area contributed by atoms with E-state index < -0.39 is 11.7 Å². The molecule has 1 aliphatic carbocycles. The maximum absolute atomic E-state index is 14.4. The van der Waals surface area contributed by atoms with Gasteiger partial charge < -0.3 is 0 Å². The van der Waals surface area contributed by atoms with Crippen LogP contribution < -0.4 is 4.90 Å². The largest absolute Gasteiger partial charge is 0.294 e. The normalized spacial score (nSPS) is 20.1. The van der Waals surface area contributed by atoms with Crippen molar-refractivity contribution in [3.8, 4) is 0 Å². The number of carbonyl (C=O) groups is 2. The van der Waals surface area contributed by atoms with Crippen LogP contribution >= 0.6 is 23.2 Å². The van der Waals surface area contributed by atoms with Gasteiger partial charge in [0, 0.05) is 30.0 Å². The highest BCUT2D eigenvalue weighted by atomic mass is 35.5. The summed E-state index contributed by atoms with van der Waals surface area (Å²) in [5, 5.41) is 0.601. The summed E-state index contributed by atoms with van der Waals surface area (Å²) in [4.78, 5) is 27.4. The molecule has 27 heavy (non-hydrogen) atoms. The highest BCUT2D eigenvalue weighted by Crippen LogP contribution is 2.46. The predicted octanol–water partition coefficient (Wildman–Crippen LogP) is 5.66. The zero-order chi connectivity index (χ0) is 19.1. The Morgan fingerprint density at radius 2 is 1.78 bits per heavy atom. The zero-order valence-electron chi connectivity index (χ0n) is 14.3. The monoisotopic (exact) mass is 403 g/mol. The second-order valence-electron chi connectivity index (χ2n) is 6.72. The molecule has 1 amide bonds. The maximum Gasteiger partial charge on any atom is 0.232 e. The molecular formula is C21H16Cl2FNO2. The molecule has 0 aromatic heterocycles. The van der Waals surface area contributed by atoms with E-state index in [-0.39, 0.29) is 23.1 Å². The Bertz CT molecular complexity index is 986. The van der Waals surface area contributed by atoms with Crippen LogP contribution in [0.2, 0.25) is 10.0 Å². The van der Waals surface area contributed by atoms with Crippen molar-refractivity contribution in [2.75, 3.05) is 4.90 Å². The van der Waals surface area contributed by atoms with Gasteiger partial charge in [0.15, 0.2) is 5.78 Å². The Hall–Kier alpha value is -2.17. The van der Waals surface area contributed by atoms with Gasteiger partial charge in [-0.05, 0) is 36.6 Å². The van der Waals surface area contributed by atoms with Crippen molar-refractivity contribution in [2.45, 2.75) is 31.6 Å². The summed E-state index contributed by atoms with van der Waals surface area (Å²) in [6.07, 6.45) is 1.60. The fourth-order valence-corrected chi connectivity index (χ4v) is 4.34. The number of Topliss-reactive ketones (excluding diaryl/α,β-unsaturated/α-hetero) is 1. The Kier molecular flexibility index (Phi) is 4.79. The van der Waals surface area contributed by atoms with Crippen LogP contribution in [-0.4, -0.2) is 11.7 Å². The molecule has 4 rings (SSSR count). The van der Waals surface area contributed by atoms with Gasteiger partial charge in [0.1, 0.15) is 5.82 Å². The number of hydrogen-bond acceptors (Lipinski definition) is 2. The lowest BCUT2D eigenvalue weighted by atomic mass is 9.77. The summed E-state index contributed by atoms with van der Waals surface area (Å²) >= 11 is 12.5. The van der Waals surface area contributed by atoms with Crippen molar-refractivity contribution >= 4 is 40.6 Å². The lowest BCUT2D eigenvalue weighted by molar-refractivity contribution is -0.119. The second kappa shape index (κ2) is 7.10. The van der Waals surface area contributed by atoms with E-state index in [1.807, 2.05) is 0 Å². The summed E-state index contributed by atoms with van der Waals surface area (Å²) < 4.78 is 14.4. The molecule has 0 spiro atoms. The van der Waals surface area contributed by atoms with Crippen molar-refractivity contribution < 1.29 is 14.0 Å². The van der Waals surface area contributed by atoms with Crippen molar-refractivity contribution in [3.05, 3.63) is 75.2 Å². The number of carbonyl (C=O) groups excluding carboxylic acids is 2. The Balaban J connectivity index is 1.92. The van der Waals surface area contributed by atoms with Gasteiger partial charge in [-0.2, -0.15) is 0 Å². The third-order valence-corrected chi connectivity index (χ3v) is 5.94. The molecule has 138 valence electrons. The van der Waals surface area contributed by atoms with Crippen LogP contribution in [0, 0.1) is 5.82 Å². The molecular weight excluding hydrogens is 388 g/mol. The van der Waals surface area contributed by atoms with E-state index >= 15 is 0 Å². The molecule has 2 aromatic carbocycles. The first kappa shape index (κ1) is 18.2. The number of rotatable bonds is 2. The van der Waals surface area contributed by atoms with Crippen molar-refractivity contribution in [1.29, 1.82) is 0 Å². The van der Waals surface area contributed by atoms with E-state index in [0.29, 0.717) is 46.8 Å². The number of anilines is 1. The molecule has 0 saturated carbocycles. The third kappa shape index (κ3) is 3.07. The quantitative estimate of drug-likeness (QED) is 0.648. The molecule has 3 nitrogen and oxygen atoms in total. The molecule has 0 N–H and O–H groups in total. The predicted molar refractivity (Wildman–Crippen MR) is 104 cm³/mol. The van der Waals surface area contributed by atoms with Gasteiger partial charge in [-0.25, -0.2) is 4.39 Å². The van der Waals surface area contributed by atoms with E-state index in [1.165, 1.54) is 11.0 Å². The van der Waals surface area contributed by atoms with E-state index in [0.717, 1.165) is 0 Å². The lowest BCUT2D eigenvalue weighted by Crippen LogP contribution is -2.40. The second-order valence-corrected chi connectivity index (χ2v) is 7.50. The molecule has 6 heteroatoms. The fraction of sp³-hybridized carbons (Fsp3) is 0.238. The number of ketones is 1. The van der Waals surface area contributed by atoms with Gasteiger partial charge in [0.05, 0.1) is 15.7 Å². The van der Waals surface area contributed by atoms with E-state index in [4.69, 9.17) is 23.2 Å². The van der Waals surface area contributed by atoms with Crippen LogP contribution in [-0.2, 0) is 9.59 Å². The number of nitrogens with zero attached hydrogens (tertiary/aromatic N) is 1. The Morgan fingerprint density at radius 1 is 1.00 bits per heavy atom. The number of allylic oxidation sites excluding steroid dienone is 2. The standard InChI is InChI=1S/C21H16Cl2FNO2/c22-14-6-3-9-17(21(14)23)25-16-8-4-10-18(26)20(16)13(11-19(25)27)12-5-1-2-7-15(12)24/h1-3,5-7,9,13H,4,8,10-11H2. The number of halogens is 3. The SMILES string of the molecule is O=C1CCCC2=C1C(c1ccccc1F)CC(=O)N2c1cccc(Cl)c1Cl. The molecule has 1 aliphatic heterocycles.